The minimum absolute atomic E-state index is 0.154. The van der Waals surface area contributed by atoms with Crippen molar-refractivity contribution in [2.24, 2.45) is 5.73 Å². The van der Waals surface area contributed by atoms with E-state index in [0.29, 0.717) is 23.6 Å². The molecule has 0 atom stereocenters. The molecule has 0 saturated carbocycles. The first kappa shape index (κ1) is 15.0. The van der Waals surface area contributed by atoms with Crippen LogP contribution < -0.4 is 15.8 Å². The summed E-state index contributed by atoms with van der Waals surface area (Å²) < 4.78 is 5.62. The summed E-state index contributed by atoms with van der Waals surface area (Å²) in [6.45, 7) is 4.14. The molecular formula is C16H19N3O2. The number of carbonyl (C=O) groups is 1. The molecule has 5 heteroatoms. The molecule has 0 spiro atoms. The second-order valence-corrected chi connectivity index (χ2v) is 5.36. The zero-order valence-electron chi connectivity index (χ0n) is 12.2. The van der Waals surface area contributed by atoms with Crippen molar-refractivity contribution in [3.8, 4) is 11.5 Å². The van der Waals surface area contributed by atoms with Gasteiger partial charge in [-0.15, -0.1) is 0 Å². The maximum atomic E-state index is 12.1. The Hall–Kier alpha value is -2.40. The number of carbonyl (C=O) groups excluding carboxylic acids is 1. The molecule has 0 aliphatic heterocycles. The van der Waals surface area contributed by atoms with E-state index in [0.717, 1.165) is 0 Å². The van der Waals surface area contributed by atoms with Crippen LogP contribution in [0.25, 0.3) is 0 Å². The third kappa shape index (κ3) is 4.29. The first-order chi connectivity index (χ1) is 10.00. The highest BCUT2D eigenvalue weighted by Crippen LogP contribution is 2.20. The number of aromatic nitrogens is 1. The van der Waals surface area contributed by atoms with Crippen LogP contribution in [0.5, 0.6) is 11.5 Å². The Balaban J connectivity index is 2.03. The Morgan fingerprint density at radius 1 is 1.24 bits per heavy atom. The third-order valence-electron chi connectivity index (χ3n) is 2.95. The molecule has 1 amide bonds. The van der Waals surface area contributed by atoms with Gasteiger partial charge in [-0.1, -0.05) is 0 Å². The maximum absolute atomic E-state index is 12.1. The molecule has 1 heterocycles. The second-order valence-electron chi connectivity index (χ2n) is 5.36. The lowest BCUT2D eigenvalue weighted by atomic mass is 10.1. The van der Waals surface area contributed by atoms with E-state index in [4.69, 9.17) is 10.5 Å². The number of nitrogens with zero attached hydrogens (tertiary/aromatic N) is 1. The Bertz CT molecular complexity index is 595. The van der Waals surface area contributed by atoms with Crippen molar-refractivity contribution in [3.05, 3.63) is 54.4 Å². The van der Waals surface area contributed by atoms with Crippen LogP contribution in [0, 0.1) is 0 Å². The van der Waals surface area contributed by atoms with Gasteiger partial charge in [-0.2, -0.15) is 0 Å². The summed E-state index contributed by atoms with van der Waals surface area (Å²) in [5, 5.41) is 2.88. The van der Waals surface area contributed by atoms with Gasteiger partial charge in [0.15, 0.2) is 0 Å². The monoisotopic (exact) mass is 285 g/mol. The Labute approximate surface area is 124 Å². The minimum Gasteiger partial charge on any atom is -0.456 e. The summed E-state index contributed by atoms with van der Waals surface area (Å²) in [7, 11) is 0. The van der Waals surface area contributed by atoms with Gasteiger partial charge in [0.25, 0.3) is 5.91 Å². The van der Waals surface area contributed by atoms with Crippen LogP contribution in [0.15, 0.2) is 48.8 Å². The number of rotatable bonds is 5. The van der Waals surface area contributed by atoms with Gasteiger partial charge in [-0.05, 0) is 50.2 Å². The fraction of sp³-hybridized carbons (Fsp3) is 0.250. The van der Waals surface area contributed by atoms with E-state index in [1.54, 1.807) is 42.7 Å². The van der Waals surface area contributed by atoms with Crippen LogP contribution in [0.1, 0.15) is 24.2 Å². The van der Waals surface area contributed by atoms with E-state index in [2.05, 4.69) is 10.3 Å². The van der Waals surface area contributed by atoms with Crippen LogP contribution in [-0.4, -0.2) is 23.0 Å². The quantitative estimate of drug-likeness (QED) is 0.884. The molecule has 21 heavy (non-hydrogen) atoms. The number of hydrogen-bond donors (Lipinski definition) is 2. The third-order valence-corrected chi connectivity index (χ3v) is 2.95. The van der Waals surface area contributed by atoms with Gasteiger partial charge >= 0.3 is 0 Å². The summed E-state index contributed by atoms with van der Waals surface area (Å²) in [6.07, 6.45) is 3.31. The van der Waals surface area contributed by atoms with Gasteiger partial charge in [-0.25, -0.2) is 0 Å². The zero-order chi connectivity index (χ0) is 15.3. The van der Waals surface area contributed by atoms with E-state index in [1.165, 1.54) is 0 Å². The van der Waals surface area contributed by atoms with Crippen LogP contribution >= 0.6 is 0 Å². The first-order valence-electron chi connectivity index (χ1n) is 6.71. The van der Waals surface area contributed by atoms with Crippen molar-refractivity contribution in [1.29, 1.82) is 0 Å². The molecular weight excluding hydrogens is 266 g/mol. The van der Waals surface area contributed by atoms with E-state index < -0.39 is 5.54 Å². The van der Waals surface area contributed by atoms with Crippen molar-refractivity contribution in [2.75, 3.05) is 6.54 Å². The van der Waals surface area contributed by atoms with Crippen molar-refractivity contribution in [1.82, 2.24) is 10.3 Å². The highest BCUT2D eigenvalue weighted by Gasteiger charge is 2.19. The zero-order valence-corrected chi connectivity index (χ0v) is 12.2. The number of pyridine rings is 1. The van der Waals surface area contributed by atoms with Crippen molar-refractivity contribution < 1.29 is 9.53 Å². The fourth-order valence-electron chi connectivity index (χ4n) is 1.65. The van der Waals surface area contributed by atoms with E-state index >= 15 is 0 Å². The summed E-state index contributed by atoms with van der Waals surface area (Å²) >= 11 is 0. The fourth-order valence-corrected chi connectivity index (χ4v) is 1.65. The van der Waals surface area contributed by atoms with Gasteiger partial charge in [0.1, 0.15) is 11.5 Å². The number of benzene rings is 1. The number of amides is 1. The maximum Gasteiger partial charge on any atom is 0.251 e. The molecule has 0 aliphatic carbocycles. The molecule has 0 saturated heterocycles. The molecule has 1 aromatic carbocycles. The standard InChI is InChI=1S/C16H19N3O2/c1-16(2,11-17)19-15(20)12-5-7-13(8-6-12)21-14-4-3-9-18-10-14/h3-10H,11,17H2,1-2H3,(H,19,20). The number of hydrogen-bond acceptors (Lipinski definition) is 4. The Morgan fingerprint density at radius 3 is 2.52 bits per heavy atom. The summed E-state index contributed by atoms with van der Waals surface area (Å²) in [6, 6.07) is 10.5. The first-order valence-corrected chi connectivity index (χ1v) is 6.71. The van der Waals surface area contributed by atoms with Crippen LogP contribution in [0.2, 0.25) is 0 Å². The van der Waals surface area contributed by atoms with Crippen molar-refractivity contribution >= 4 is 5.91 Å². The molecule has 3 N–H and O–H groups in total. The number of ether oxygens (including phenoxy) is 1. The molecule has 2 rings (SSSR count). The Morgan fingerprint density at radius 2 is 1.95 bits per heavy atom. The molecule has 0 aliphatic rings. The van der Waals surface area contributed by atoms with E-state index in [1.807, 2.05) is 19.9 Å². The number of nitrogens with one attached hydrogen (secondary N) is 1. The van der Waals surface area contributed by atoms with Gasteiger partial charge in [0.05, 0.1) is 6.20 Å². The molecule has 2 aromatic rings. The molecule has 0 radical (unpaired) electrons. The topological polar surface area (TPSA) is 77.2 Å². The summed E-state index contributed by atoms with van der Waals surface area (Å²) in [5.41, 5.74) is 5.74. The summed E-state index contributed by atoms with van der Waals surface area (Å²) in [5.74, 6) is 1.15. The normalized spacial score (nSPS) is 11.0. The van der Waals surface area contributed by atoms with Gasteiger partial charge in [-0.3, -0.25) is 9.78 Å². The lowest BCUT2D eigenvalue weighted by Crippen LogP contribution is -2.48. The molecule has 0 bridgehead atoms. The SMILES string of the molecule is CC(C)(CN)NC(=O)c1ccc(Oc2cccnc2)cc1. The van der Waals surface area contributed by atoms with Crippen molar-refractivity contribution in [2.45, 2.75) is 19.4 Å². The van der Waals surface area contributed by atoms with Crippen molar-refractivity contribution in [3.63, 3.8) is 0 Å². The largest absolute Gasteiger partial charge is 0.456 e. The molecule has 1 aromatic heterocycles. The second kappa shape index (κ2) is 6.37. The molecule has 110 valence electrons. The highest BCUT2D eigenvalue weighted by molar-refractivity contribution is 5.94. The molecule has 5 nitrogen and oxygen atoms in total. The predicted octanol–water partition coefficient (Wildman–Crippen LogP) is 2.34. The minimum atomic E-state index is -0.429. The van der Waals surface area contributed by atoms with E-state index in [9.17, 15) is 4.79 Å². The molecule has 0 fully saturated rings. The molecule has 0 unspecified atom stereocenters. The predicted molar refractivity (Wildman–Crippen MR) is 81.4 cm³/mol. The average Bonchev–Trinajstić information content (AvgIpc) is 2.48. The lowest BCUT2D eigenvalue weighted by Gasteiger charge is -2.24. The van der Waals surface area contributed by atoms with Gasteiger partial charge in [0.2, 0.25) is 0 Å². The number of nitrogens with two attached hydrogens (primary N) is 1. The van der Waals surface area contributed by atoms with Gasteiger partial charge in [0, 0.05) is 23.8 Å². The highest BCUT2D eigenvalue weighted by atomic mass is 16.5. The van der Waals surface area contributed by atoms with E-state index in [-0.39, 0.29) is 5.91 Å². The van der Waals surface area contributed by atoms with Crippen LogP contribution in [0.4, 0.5) is 0 Å². The average molecular weight is 285 g/mol. The smallest absolute Gasteiger partial charge is 0.251 e. The lowest BCUT2D eigenvalue weighted by molar-refractivity contribution is 0.0915. The van der Waals surface area contributed by atoms with Crippen LogP contribution in [-0.2, 0) is 0 Å². The van der Waals surface area contributed by atoms with Crippen LogP contribution in [0.3, 0.4) is 0 Å². The summed E-state index contributed by atoms with van der Waals surface area (Å²) in [4.78, 5) is 16.0. The van der Waals surface area contributed by atoms with Gasteiger partial charge < -0.3 is 15.8 Å². The Kier molecular flexibility index (Phi) is 4.55.